The van der Waals surface area contributed by atoms with Crippen LogP contribution in [-0.4, -0.2) is 16.0 Å². The Bertz CT molecular complexity index is 538. The maximum Gasteiger partial charge on any atom is 0.256 e. The summed E-state index contributed by atoms with van der Waals surface area (Å²) >= 11 is 0. The van der Waals surface area contributed by atoms with Crippen molar-refractivity contribution in [2.24, 2.45) is 0 Å². The van der Waals surface area contributed by atoms with Gasteiger partial charge in [-0.05, 0) is 36.8 Å². The van der Waals surface area contributed by atoms with Crippen molar-refractivity contribution in [3.05, 3.63) is 53.7 Å². The van der Waals surface area contributed by atoms with Gasteiger partial charge in [0.15, 0.2) is 0 Å². The van der Waals surface area contributed by atoms with E-state index in [2.05, 4.69) is 10.3 Å². The summed E-state index contributed by atoms with van der Waals surface area (Å²) in [6.07, 6.45) is 1.60. The topological polar surface area (TPSA) is 62.2 Å². The van der Waals surface area contributed by atoms with Crippen LogP contribution in [0.4, 0.5) is 5.82 Å². The van der Waals surface area contributed by atoms with E-state index in [-0.39, 0.29) is 11.7 Å². The minimum absolute atomic E-state index is 0.110. The molecular formula is C13H12N2O2. The standard InChI is InChI=1S/C13H12N2O2/c1-9-5-6-10(8-11(9)16)13(17)15-12-4-2-3-7-14-12/h2-8,16H,1H3,(H,14,15,17). The van der Waals surface area contributed by atoms with E-state index in [4.69, 9.17) is 0 Å². The Morgan fingerprint density at radius 2 is 2.12 bits per heavy atom. The molecule has 0 spiro atoms. The van der Waals surface area contributed by atoms with E-state index >= 15 is 0 Å². The molecule has 0 aliphatic carbocycles. The van der Waals surface area contributed by atoms with Gasteiger partial charge < -0.3 is 10.4 Å². The van der Waals surface area contributed by atoms with Crippen LogP contribution in [0.3, 0.4) is 0 Å². The number of nitrogens with one attached hydrogen (secondary N) is 1. The first-order valence-corrected chi connectivity index (χ1v) is 5.19. The monoisotopic (exact) mass is 228 g/mol. The van der Waals surface area contributed by atoms with Gasteiger partial charge in [-0.1, -0.05) is 12.1 Å². The summed E-state index contributed by atoms with van der Waals surface area (Å²) in [5.74, 6) is 0.301. The number of phenols is 1. The zero-order valence-electron chi connectivity index (χ0n) is 9.34. The van der Waals surface area contributed by atoms with Crippen LogP contribution in [0, 0.1) is 6.92 Å². The number of aromatic hydroxyl groups is 1. The summed E-state index contributed by atoms with van der Waals surface area (Å²) in [7, 11) is 0. The molecule has 2 rings (SSSR count). The highest BCUT2D eigenvalue weighted by molar-refractivity contribution is 6.04. The summed E-state index contributed by atoms with van der Waals surface area (Å²) in [6, 6.07) is 10.1. The average molecular weight is 228 g/mol. The summed E-state index contributed by atoms with van der Waals surface area (Å²) in [5.41, 5.74) is 1.14. The summed E-state index contributed by atoms with van der Waals surface area (Å²) in [4.78, 5) is 15.8. The fourth-order valence-corrected chi connectivity index (χ4v) is 1.38. The van der Waals surface area contributed by atoms with Crippen LogP contribution in [0.5, 0.6) is 5.75 Å². The van der Waals surface area contributed by atoms with Gasteiger partial charge in [-0.15, -0.1) is 0 Å². The van der Waals surface area contributed by atoms with Gasteiger partial charge in [0.1, 0.15) is 11.6 Å². The van der Waals surface area contributed by atoms with E-state index in [0.29, 0.717) is 11.4 Å². The van der Waals surface area contributed by atoms with Gasteiger partial charge in [0.25, 0.3) is 5.91 Å². The lowest BCUT2D eigenvalue weighted by atomic mass is 10.1. The molecule has 0 aliphatic rings. The number of carbonyl (C=O) groups excluding carboxylic acids is 1. The van der Waals surface area contributed by atoms with Crippen LogP contribution in [0.15, 0.2) is 42.6 Å². The highest BCUT2D eigenvalue weighted by Gasteiger charge is 2.08. The van der Waals surface area contributed by atoms with Crippen LogP contribution in [0.1, 0.15) is 15.9 Å². The van der Waals surface area contributed by atoms with Gasteiger partial charge in [0.05, 0.1) is 0 Å². The Morgan fingerprint density at radius 1 is 1.29 bits per heavy atom. The Labute approximate surface area is 98.9 Å². The Balaban J connectivity index is 2.18. The number of hydrogen-bond acceptors (Lipinski definition) is 3. The first-order valence-electron chi connectivity index (χ1n) is 5.19. The number of amides is 1. The molecule has 0 atom stereocenters. The number of phenolic OH excluding ortho intramolecular Hbond substituents is 1. The van der Waals surface area contributed by atoms with Crippen LogP contribution in [0.2, 0.25) is 0 Å². The predicted octanol–water partition coefficient (Wildman–Crippen LogP) is 2.35. The summed E-state index contributed by atoms with van der Waals surface area (Å²) in [6.45, 7) is 1.77. The lowest BCUT2D eigenvalue weighted by molar-refractivity contribution is 0.102. The average Bonchev–Trinajstić information content (AvgIpc) is 2.34. The smallest absolute Gasteiger partial charge is 0.256 e. The molecule has 1 heterocycles. The molecule has 1 amide bonds. The Hall–Kier alpha value is -2.36. The van der Waals surface area contributed by atoms with E-state index in [1.807, 2.05) is 0 Å². The number of hydrogen-bond donors (Lipinski definition) is 2. The van der Waals surface area contributed by atoms with Crippen LogP contribution in [0.25, 0.3) is 0 Å². The minimum atomic E-state index is -0.293. The lowest BCUT2D eigenvalue weighted by Gasteiger charge is -2.05. The lowest BCUT2D eigenvalue weighted by Crippen LogP contribution is -2.12. The number of anilines is 1. The van der Waals surface area contributed by atoms with Gasteiger partial charge >= 0.3 is 0 Å². The number of nitrogens with zero attached hydrogens (tertiary/aromatic N) is 1. The molecular weight excluding hydrogens is 216 g/mol. The molecule has 0 unspecified atom stereocenters. The second-order valence-electron chi connectivity index (χ2n) is 3.67. The molecule has 0 fully saturated rings. The molecule has 1 aromatic heterocycles. The molecule has 0 saturated heterocycles. The molecule has 2 N–H and O–H groups in total. The van der Waals surface area contributed by atoms with Crippen molar-refractivity contribution in [2.45, 2.75) is 6.92 Å². The number of carbonyl (C=O) groups is 1. The van der Waals surface area contributed by atoms with Crippen molar-refractivity contribution < 1.29 is 9.90 Å². The Morgan fingerprint density at radius 3 is 2.76 bits per heavy atom. The molecule has 17 heavy (non-hydrogen) atoms. The quantitative estimate of drug-likeness (QED) is 0.829. The SMILES string of the molecule is Cc1ccc(C(=O)Nc2ccccn2)cc1O. The van der Waals surface area contributed by atoms with Crippen molar-refractivity contribution in [3.8, 4) is 5.75 Å². The fraction of sp³-hybridized carbons (Fsp3) is 0.0769. The van der Waals surface area contributed by atoms with Gasteiger partial charge in [-0.2, -0.15) is 0 Å². The molecule has 2 aromatic rings. The molecule has 86 valence electrons. The summed E-state index contributed by atoms with van der Waals surface area (Å²) in [5, 5.41) is 12.2. The van der Waals surface area contributed by atoms with Crippen LogP contribution < -0.4 is 5.32 Å². The van der Waals surface area contributed by atoms with Crippen molar-refractivity contribution >= 4 is 11.7 Å². The number of aryl methyl sites for hydroxylation is 1. The zero-order chi connectivity index (χ0) is 12.3. The fourth-order valence-electron chi connectivity index (χ4n) is 1.38. The van der Waals surface area contributed by atoms with Crippen molar-refractivity contribution in [1.82, 2.24) is 4.98 Å². The van der Waals surface area contributed by atoms with E-state index in [1.165, 1.54) is 6.07 Å². The third-order valence-corrected chi connectivity index (χ3v) is 2.38. The first-order chi connectivity index (χ1) is 8.16. The van der Waals surface area contributed by atoms with Gasteiger partial charge in [-0.25, -0.2) is 4.98 Å². The van der Waals surface area contributed by atoms with E-state index in [0.717, 1.165) is 5.56 Å². The predicted molar refractivity (Wildman–Crippen MR) is 65.0 cm³/mol. The highest BCUT2D eigenvalue weighted by atomic mass is 16.3. The van der Waals surface area contributed by atoms with Crippen LogP contribution >= 0.6 is 0 Å². The van der Waals surface area contributed by atoms with E-state index in [1.54, 1.807) is 43.5 Å². The maximum absolute atomic E-state index is 11.8. The second kappa shape index (κ2) is 4.65. The number of rotatable bonds is 2. The molecule has 0 bridgehead atoms. The molecule has 4 nitrogen and oxygen atoms in total. The van der Waals surface area contributed by atoms with Crippen molar-refractivity contribution in [2.75, 3.05) is 5.32 Å². The zero-order valence-corrected chi connectivity index (χ0v) is 9.34. The number of benzene rings is 1. The van der Waals surface area contributed by atoms with Gasteiger partial charge in [-0.3, -0.25) is 4.79 Å². The minimum Gasteiger partial charge on any atom is -0.508 e. The van der Waals surface area contributed by atoms with Gasteiger partial charge in [0.2, 0.25) is 0 Å². The normalized spacial score (nSPS) is 9.94. The van der Waals surface area contributed by atoms with Crippen LogP contribution in [-0.2, 0) is 0 Å². The van der Waals surface area contributed by atoms with Gasteiger partial charge in [0, 0.05) is 11.8 Å². The number of aromatic nitrogens is 1. The second-order valence-corrected chi connectivity index (χ2v) is 3.67. The maximum atomic E-state index is 11.8. The third-order valence-electron chi connectivity index (χ3n) is 2.38. The molecule has 4 heteroatoms. The van der Waals surface area contributed by atoms with E-state index in [9.17, 15) is 9.90 Å². The van der Waals surface area contributed by atoms with Crippen molar-refractivity contribution in [3.63, 3.8) is 0 Å². The largest absolute Gasteiger partial charge is 0.508 e. The first kappa shape index (κ1) is 11.1. The molecule has 1 aromatic carbocycles. The number of pyridine rings is 1. The Kier molecular flexibility index (Phi) is 3.05. The molecule has 0 radical (unpaired) electrons. The third kappa shape index (κ3) is 2.60. The summed E-state index contributed by atoms with van der Waals surface area (Å²) < 4.78 is 0. The van der Waals surface area contributed by atoms with E-state index < -0.39 is 0 Å². The highest BCUT2D eigenvalue weighted by Crippen LogP contribution is 2.18. The molecule has 0 saturated carbocycles. The van der Waals surface area contributed by atoms with Crippen molar-refractivity contribution in [1.29, 1.82) is 0 Å². The molecule has 0 aliphatic heterocycles.